The summed E-state index contributed by atoms with van der Waals surface area (Å²) in [4.78, 5) is 0. The Morgan fingerprint density at radius 1 is 1.19 bits per heavy atom. The van der Waals surface area contributed by atoms with E-state index in [2.05, 4.69) is 48.0 Å². The lowest BCUT2D eigenvalue weighted by molar-refractivity contribution is 0.211. The van der Waals surface area contributed by atoms with Crippen LogP contribution in [0.5, 0.6) is 0 Å². The fourth-order valence-corrected chi connectivity index (χ4v) is 2.25. The van der Waals surface area contributed by atoms with Gasteiger partial charge < -0.3 is 5.11 Å². The van der Waals surface area contributed by atoms with Crippen LogP contribution in [-0.2, 0) is 6.42 Å². The smallest absolute Gasteiger partial charge is 0.0462 e. The molecule has 0 aliphatic heterocycles. The van der Waals surface area contributed by atoms with Crippen molar-refractivity contribution in [3.8, 4) is 0 Å². The van der Waals surface area contributed by atoms with Crippen molar-refractivity contribution in [2.75, 3.05) is 6.61 Å². The van der Waals surface area contributed by atoms with Crippen LogP contribution in [0.3, 0.4) is 0 Å². The molecule has 0 aliphatic carbocycles. The zero-order valence-corrected chi connectivity index (χ0v) is 11.7. The minimum absolute atomic E-state index is 0.286. The Morgan fingerprint density at radius 2 is 1.88 bits per heavy atom. The van der Waals surface area contributed by atoms with E-state index in [1.54, 1.807) is 0 Å². The van der Waals surface area contributed by atoms with Crippen LogP contribution in [-0.4, -0.2) is 11.7 Å². The van der Waals surface area contributed by atoms with Gasteiger partial charge in [-0.25, -0.2) is 0 Å². The van der Waals surface area contributed by atoms with Gasteiger partial charge in [-0.2, -0.15) is 0 Å². The van der Waals surface area contributed by atoms with E-state index in [9.17, 15) is 5.11 Å². The molecule has 1 N–H and O–H groups in total. The van der Waals surface area contributed by atoms with Gasteiger partial charge in [0.15, 0.2) is 0 Å². The number of halogens is 1. The maximum atomic E-state index is 9.38. The van der Waals surface area contributed by atoms with Crippen LogP contribution < -0.4 is 0 Å². The molecular weight excluding hydrogens is 264 g/mol. The van der Waals surface area contributed by atoms with Crippen molar-refractivity contribution in [3.05, 3.63) is 34.3 Å². The van der Waals surface area contributed by atoms with E-state index in [1.165, 1.54) is 12.0 Å². The molecule has 90 valence electrons. The number of rotatable bonds is 6. The SMILES string of the molecule is CC(C)CCC(CO)Cc1ccccc1Br. The highest BCUT2D eigenvalue weighted by molar-refractivity contribution is 9.10. The fraction of sp³-hybridized carbons (Fsp3) is 0.571. The zero-order chi connectivity index (χ0) is 12.0. The summed E-state index contributed by atoms with van der Waals surface area (Å²) in [5.41, 5.74) is 1.30. The summed E-state index contributed by atoms with van der Waals surface area (Å²) in [5.74, 6) is 1.11. The molecular formula is C14H21BrO. The molecule has 1 aromatic carbocycles. The second-order valence-electron chi connectivity index (χ2n) is 4.82. The molecule has 0 heterocycles. The molecule has 1 aromatic rings. The van der Waals surface area contributed by atoms with Gasteiger partial charge in [-0.3, -0.25) is 0 Å². The number of aliphatic hydroxyl groups is 1. The van der Waals surface area contributed by atoms with Gasteiger partial charge in [0.1, 0.15) is 0 Å². The molecule has 0 saturated carbocycles. The number of benzene rings is 1. The van der Waals surface area contributed by atoms with Crippen LogP contribution >= 0.6 is 15.9 Å². The first-order chi connectivity index (χ1) is 7.63. The highest BCUT2D eigenvalue weighted by atomic mass is 79.9. The molecule has 0 amide bonds. The predicted molar refractivity (Wildman–Crippen MR) is 72.5 cm³/mol. The Bertz CT molecular complexity index is 309. The maximum Gasteiger partial charge on any atom is 0.0462 e. The number of hydrogen-bond acceptors (Lipinski definition) is 1. The Morgan fingerprint density at radius 3 is 2.44 bits per heavy atom. The minimum atomic E-state index is 0.286. The van der Waals surface area contributed by atoms with E-state index in [-0.39, 0.29) is 6.61 Å². The molecule has 0 aliphatic rings. The van der Waals surface area contributed by atoms with E-state index < -0.39 is 0 Å². The molecule has 1 rings (SSSR count). The summed E-state index contributed by atoms with van der Waals surface area (Å²) < 4.78 is 1.15. The van der Waals surface area contributed by atoms with Crippen molar-refractivity contribution >= 4 is 15.9 Å². The third-order valence-electron chi connectivity index (χ3n) is 2.88. The molecule has 0 bridgehead atoms. The van der Waals surface area contributed by atoms with Gasteiger partial charge >= 0.3 is 0 Å². The van der Waals surface area contributed by atoms with E-state index in [1.807, 2.05) is 6.07 Å². The van der Waals surface area contributed by atoms with Gasteiger partial charge in [-0.15, -0.1) is 0 Å². The highest BCUT2D eigenvalue weighted by Crippen LogP contribution is 2.22. The molecule has 0 saturated heterocycles. The largest absolute Gasteiger partial charge is 0.396 e. The summed E-state index contributed by atoms with van der Waals surface area (Å²) in [6.07, 6.45) is 3.26. The van der Waals surface area contributed by atoms with Crippen molar-refractivity contribution in [3.63, 3.8) is 0 Å². The first-order valence-corrected chi connectivity index (χ1v) is 6.77. The number of aliphatic hydroxyl groups excluding tert-OH is 1. The Hall–Kier alpha value is -0.340. The average molecular weight is 285 g/mol. The standard InChI is InChI=1S/C14H21BrO/c1-11(2)7-8-12(10-16)9-13-5-3-4-6-14(13)15/h3-6,11-12,16H,7-10H2,1-2H3. The summed E-state index contributed by atoms with van der Waals surface area (Å²) in [6.45, 7) is 4.74. The van der Waals surface area contributed by atoms with Gasteiger partial charge in [0.05, 0.1) is 0 Å². The van der Waals surface area contributed by atoms with E-state index in [0.29, 0.717) is 11.8 Å². The lowest BCUT2D eigenvalue weighted by atomic mass is 9.92. The van der Waals surface area contributed by atoms with Gasteiger partial charge in [0.25, 0.3) is 0 Å². The van der Waals surface area contributed by atoms with Crippen LogP contribution in [0.4, 0.5) is 0 Å². The van der Waals surface area contributed by atoms with Crippen molar-refractivity contribution in [2.24, 2.45) is 11.8 Å². The van der Waals surface area contributed by atoms with Crippen molar-refractivity contribution in [1.29, 1.82) is 0 Å². The topological polar surface area (TPSA) is 20.2 Å². The second kappa shape index (κ2) is 7.08. The quantitative estimate of drug-likeness (QED) is 0.836. The van der Waals surface area contributed by atoms with Crippen LogP contribution in [0.15, 0.2) is 28.7 Å². The lowest BCUT2D eigenvalue weighted by Crippen LogP contribution is -2.11. The first-order valence-electron chi connectivity index (χ1n) is 5.97. The average Bonchev–Trinajstić information content (AvgIpc) is 2.26. The molecule has 0 spiro atoms. The van der Waals surface area contributed by atoms with E-state index in [4.69, 9.17) is 0 Å². The molecule has 1 atom stereocenters. The fourth-order valence-electron chi connectivity index (χ4n) is 1.80. The Balaban J connectivity index is 2.53. The predicted octanol–water partition coefficient (Wildman–Crippen LogP) is 4.04. The van der Waals surface area contributed by atoms with Crippen molar-refractivity contribution < 1.29 is 5.11 Å². The molecule has 2 heteroatoms. The lowest BCUT2D eigenvalue weighted by Gasteiger charge is -2.16. The zero-order valence-electron chi connectivity index (χ0n) is 10.1. The van der Waals surface area contributed by atoms with Crippen molar-refractivity contribution in [2.45, 2.75) is 33.1 Å². The molecule has 0 aromatic heterocycles. The summed E-state index contributed by atoms with van der Waals surface area (Å²) >= 11 is 3.55. The molecule has 1 unspecified atom stereocenters. The van der Waals surface area contributed by atoms with Crippen LogP contribution in [0, 0.1) is 11.8 Å². The highest BCUT2D eigenvalue weighted by Gasteiger charge is 2.11. The normalized spacial score (nSPS) is 13.1. The molecule has 0 radical (unpaired) electrons. The number of hydrogen-bond donors (Lipinski definition) is 1. The van der Waals surface area contributed by atoms with Gasteiger partial charge in [-0.05, 0) is 36.3 Å². The van der Waals surface area contributed by atoms with Gasteiger partial charge in [-0.1, -0.05) is 54.4 Å². The van der Waals surface area contributed by atoms with Crippen LogP contribution in [0.1, 0.15) is 32.3 Å². The minimum Gasteiger partial charge on any atom is -0.396 e. The van der Waals surface area contributed by atoms with E-state index in [0.717, 1.165) is 17.3 Å². The maximum absolute atomic E-state index is 9.38. The monoisotopic (exact) mass is 284 g/mol. The van der Waals surface area contributed by atoms with Crippen molar-refractivity contribution in [1.82, 2.24) is 0 Å². The first kappa shape index (κ1) is 13.7. The van der Waals surface area contributed by atoms with E-state index >= 15 is 0 Å². The van der Waals surface area contributed by atoms with Crippen LogP contribution in [0.25, 0.3) is 0 Å². The Labute approximate surface area is 107 Å². The second-order valence-corrected chi connectivity index (χ2v) is 5.67. The summed E-state index contributed by atoms with van der Waals surface area (Å²) in [7, 11) is 0. The molecule has 0 fully saturated rings. The summed E-state index contributed by atoms with van der Waals surface area (Å²) in [6, 6.07) is 8.26. The Kier molecular flexibility index (Phi) is 6.07. The van der Waals surface area contributed by atoms with Crippen LogP contribution in [0.2, 0.25) is 0 Å². The van der Waals surface area contributed by atoms with Gasteiger partial charge in [0, 0.05) is 11.1 Å². The third-order valence-corrected chi connectivity index (χ3v) is 3.65. The molecule has 16 heavy (non-hydrogen) atoms. The third kappa shape index (κ3) is 4.67. The summed E-state index contributed by atoms with van der Waals surface area (Å²) in [5, 5.41) is 9.38. The van der Waals surface area contributed by atoms with Gasteiger partial charge in [0.2, 0.25) is 0 Å². The molecule has 1 nitrogen and oxygen atoms in total.